The number of aryl methyl sites for hydroxylation is 2. The summed E-state index contributed by atoms with van der Waals surface area (Å²) in [4.78, 5) is 14.4. The first-order valence-electron chi connectivity index (χ1n) is 6.61. The Hall–Kier alpha value is -0.870. The average Bonchev–Trinajstić information content (AvgIpc) is 2.64. The monoisotopic (exact) mass is 268 g/mol. The fraction of sp³-hybridized carbons (Fsp3) is 0.643. The van der Waals surface area contributed by atoms with Gasteiger partial charge in [0.05, 0.1) is 6.04 Å². The number of rotatable bonds is 7. The number of thiophene rings is 1. The number of carbonyl (C=O) groups is 1. The van der Waals surface area contributed by atoms with Crippen molar-refractivity contribution in [2.75, 3.05) is 6.54 Å². The lowest BCUT2D eigenvalue weighted by Crippen LogP contribution is -2.26. The molecule has 0 spiro atoms. The van der Waals surface area contributed by atoms with Gasteiger partial charge in [-0.05, 0) is 51.8 Å². The van der Waals surface area contributed by atoms with E-state index in [1.165, 1.54) is 15.3 Å². The molecule has 3 N–H and O–H groups in total. The van der Waals surface area contributed by atoms with Crippen LogP contribution >= 0.6 is 11.3 Å². The molecular formula is C14H24N2OS. The van der Waals surface area contributed by atoms with Crippen LogP contribution in [0, 0.1) is 13.8 Å². The molecule has 0 aromatic carbocycles. The number of nitrogens with two attached hydrogens (primary N) is 1. The van der Waals surface area contributed by atoms with Crippen LogP contribution < -0.4 is 11.1 Å². The molecule has 0 aliphatic heterocycles. The predicted molar refractivity (Wildman–Crippen MR) is 77.9 cm³/mol. The summed E-state index contributed by atoms with van der Waals surface area (Å²) in [5.41, 5.74) is 6.67. The minimum atomic E-state index is 0.108. The molecule has 102 valence electrons. The van der Waals surface area contributed by atoms with Crippen LogP contribution in [0.2, 0.25) is 0 Å². The van der Waals surface area contributed by atoms with Gasteiger partial charge in [0, 0.05) is 16.2 Å². The van der Waals surface area contributed by atoms with E-state index in [4.69, 9.17) is 5.73 Å². The second-order valence-corrected chi connectivity index (χ2v) is 6.22. The van der Waals surface area contributed by atoms with Crippen LogP contribution in [-0.4, -0.2) is 12.5 Å². The SMILES string of the molecule is Cc1cc(C(C)NC(=O)CCCCCN)c(C)s1. The molecule has 1 aromatic heterocycles. The lowest BCUT2D eigenvalue weighted by Gasteiger charge is -2.13. The van der Waals surface area contributed by atoms with Gasteiger partial charge in [-0.25, -0.2) is 0 Å². The highest BCUT2D eigenvalue weighted by atomic mass is 32.1. The van der Waals surface area contributed by atoms with Gasteiger partial charge in [-0.1, -0.05) is 6.42 Å². The Bertz CT molecular complexity index is 387. The molecule has 0 saturated carbocycles. The van der Waals surface area contributed by atoms with Crippen LogP contribution in [0.3, 0.4) is 0 Å². The maximum Gasteiger partial charge on any atom is 0.220 e. The highest BCUT2D eigenvalue weighted by molar-refractivity contribution is 7.12. The van der Waals surface area contributed by atoms with E-state index >= 15 is 0 Å². The molecule has 1 rings (SSSR count). The first-order chi connectivity index (χ1) is 8.54. The van der Waals surface area contributed by atoms with Gasteiger partial charge in [0.1, 0.15) is 0 Å². The van der Waals surface area contributed by atoms with E-state index in [0.717, 1.165) is 19.3 Å². The average molecular weight is 268 g/mol. The minimum absolute atomic E-state index is 0.108. The molecule has 0 aliphatic carbocycles. The summed E-state index contributed by atoms with van der Waals surface area (Å²) in [5, 5.41) is 3.06. The highest BCUT2D eigenvalue weighted by Gasteiger charge is 2.13. The molecule has 0 aliphatic rings. The van der Waals surface area contributed by atoms with E-state index in [0.29, 0.717) is 13.0 Å². The van der Waals surface area contributed by atoms with E-state index in [1.54, 1.807) is 11.3 Å². The van der Waals surface area contributed by atoms with Crippen molar-refractivity contribution >= 4 is 17.2 Å². The van der Waals surface area contributed by atoms with E-state index < -0.39 is 0 Å². The van der Waals surface area contributed by atoms with Gasteiger partial charge < -0.3 is 11.1 Å². The quantitative estimate of drug-likeness (QED) is 0.747. The Labute approximate surface area is 114 Å². The first-order valence-corrected chi connectivity index (χ1v) is 7.42. The molecular weight excluding hydrogens is 244 g/mol. The number of carbonyl (C=O) groups excluding carboxylic acids is 1. The van der Waals surface area contributed by atoms with Gasteiger partial charge >= 0.3 is 0 Å². The fourth-order valence-corrected chi connectivity index (χ4v) is 3.10. The summed E-state index contributed by atoms with van der Waals surface area (Å²) in [6.45, 7) is 6.97. The van der Waals surface area contributed by atoms with Crippen LogP contribution in [0.1, 0.15) is 54.0 Å². The molecule has 18 heavy (non-hydrogen) atoms. The van der Waals surface area contributed by atoms with Crippen molar-refractivity contribution in [3.05, 3.63) is 21.4 Å². The van der Waals surface area contributed by atoms with Crippen LogP contribution in [-0.2, 0) is 4.79 Å². The van der Waals surface area contributed by atoms with E-state index in [2.05, 4.69) is 25.2 Å². The van der Waals surface area contributed by atoms with Crippen LogP contribution in [0.5, 0.6) is 0 Å². The van der Waals surface area contributed by atoms with E-state index in [9.17, 15) is 4.79 Å². The number of nitrogens with one attached hydrogen (secondary N) is 1. The topological polar surface area (TPSA) is 55.1 Å². The summed E-state index contributed by atoms with van der Waals surface area (Å²) < 4.78 is 0. The number of unbranched alkanes of at least 4 members (excludes halogenated alkanes) is 2. The van der Waals surface area contributed by atoms with Gasteiger partial charge in [-0.3, -0.25) is 4.79 Å². The van der Waals surface area contributed by atoms with Crippen LogP contribution in [0.4, 0.5) is 0 Å². The molecule has 0 radical (unpaired) electrons. The molecule has 0 fully saturated rings. The molecule has 0 saturated heterocycles. The summed E-state index contributed by atoms with van der Waals surface area (Å²) in [6.07, 6.45) is 3.57. The predicted octanol–water partition coefficient (Wildman–Crippen LogP) is 3.06. The van der Waals surface area contributed by atoms with Gasteiger partial charge in [0.15, 0.2) is 0 Å². The van der Waals surface area contributed by atoms with Crippen molar-refractivity contribution in [3.63, 3.8) is 0 Å². The van der Waals surface area contributed by atoms with Crippen molar-refractivity contribution < 1.29 is 4.79 Å². The third-order valence-corrected chi connectivity index (χ3v) is 4.01. The zero-order chi connectivity index (χ0) is 13.5. The highest BCUT2D eigenvalue weighted by Crippen LogP contribution is 2.26. The van der Waals surface area contributed by atoms with Crippen LogP contribution in [0.15, 0.2) is 6.07 Å². The maximum absolute atomic E-state index is 11.8. The second-order valence-electron chi connectivity index (χ2n) is 4.76. The van der Waals surface area contributed by atoms with Crippen LogP contribution in [0.25, 0.3) is 0 Å². The molecule has 1 amide bonds. The van der Waals surface area contributed by atoms with E-state index in [-0.39, 0.29) is 11.9 Å². The summed E-state index contributed by atoms with van der Waals surface area (Å²) in [6, 6.07) is 2.27. The standard InChI is InChI=1S/C14H24N2OS/c1-10-9-13(12(3)18-10)11(2)16-14(17)7-5-4-6-8-15/h9,11H,4-8,15H2,1-3H3,(H,16,17). The molecule has 3 nitrogen and oxygen atoms in total. The largest absolute Gasteiger partial charge is 0.350 e. The molecule has 1 heterocycles. The summed E-state index contributed by atoms with van der Waals surface area (Å²) in [5.74, 6) is 0.141. The van der Waals surface area contributed by atoms with Crippen molar-refractivity contribution in [1.82, 2.24) is 5.32 Å². The number of hydrogen-bond donors (Lipinski definition) is 2. The van der Waals surface area contributed by atoms with Crippen molar-refractivity contribution in [1.29, 1.82) is 0 Å². The zero-order valence-corrected chi connectivity index (χ0v) is 12.4. The Morgan fingerprint density at radius 2 is 2.11 bits per heavy atom. The third-order valence-electron chi connectivity index (χ3n) is 3.03. The van der Waals surface area contributed by atoms with Crippen molar-refractivity contribution in [3.8, 4) is 0 Å². The Morgan fingerprint density at radius 1 is 1.39 bits per heavy atom. The molecule has 4 heteroatoms. The van der Waals surface area contributed by atoms with Gasteiger partial charge in [-0.15, -0.1) is 11.3 Å². The fourth-order valence-electron chi connectivity index (χ4n) is 2.08. The summed E-state index contributed by atoms with van der Waals surface area (Å²) in [7, 11) is 0. The maximum atomic E-state index is 11.8. The Balaban J connectivity index is 2.37. The number of amides is 1. The number of hydrogen-bond acceptors (Lipinski definition) is 3. The lowest BCUT2D eigenvalue weighted by atomic mass is 10.1. The van der Waals surface area contributed by atoms with E-state index in [1.807, 2.05) is 6.92 Å². The normalized spacial score (nSPS) is 12.4. The molecule has 0 bridgehead atoms. The van der Waals surface area contributed by atoms with Gasteiger partial charge in [0.25, 0.3) is 0 Å². The zero-order valence-electron chi connectivity index (χ0n) is 11.6. The molecule has 1 unspecified atom stereocenters. The Morgan fingerprint density at radius 3 is 2.67 bits per heavy atom. The minimum Gasteiger partial charge on any atom is -0.350 e. The summed E-state index contributed by atoms with van der Waals surface area (Å²) >= 11 is 1.78. The first kappa shape index (κ1) is 15.2. The molecule has 1 atom stereocenters. The third kappa shape index (κ3) is 4.78. The molecule has 1 aromatic rings. The van der Waals surface area contributed by atoms with Gasteiger partial charge in [-0.2, -0.15) is 0 Å². The van der Waals surface area contributed by atoms with Gasteiger partial charge in [0.2, 0.25) is 5.91 Å². The smallest absolute Gasteiger partial charge is 0.220 e. The second kappa shape index (κ2) is 7.54. The van der Waals surface area contributed by atoms with Crippen molar-refractivity contribution in [2.24, 2.45) is 5.73 Å². The van der Waals surface area contributed by atoms with Crippen molar-refractivity contribution in [2.45, 2.75) is 52.5 Å². The lowest BCUT2D eigenvalue weighted by molar-refractivity contribution is -0.121. The Kier molecular flexibility index (Phi) is 6.36.